The molecule has 2 aromatic carbocycles. The third kappa shape index (κ3) is 4.03. The van der Waals surface area contributed by atoms with Gasteiger partial charge in [0.15, 0.2) is 5.78 Å². The molecule has 0 spiro atoms. The summed E-state index contributed by atoms with van der Waals surface area (Å²) in [5.74, 6) is -0.641. The van der Waals surface area contributed by atoms with Gasteiger partial charge in [-0.3, -0.25) is 9.59 Å². The number of benzene rings is 2. The van der Waals surface area contributed by atoms with Gasteiger partial charge in [-0.05, 0) is 25.0 Å². The Morgan fingerprint density at radius 2 is 1.77 bits per heavy atom. The highest BCUT2D eigenvalue weighted by atomic mass is 32.1. The average molecular weight is 365 g/mol. The van der Waals surface area contributed by atoms with Crippen LogP contribution in [0.5, 0.6) is 0 Å². The van der Waals surface area contributed by atoms with Gasteiger partial charge in [-0.1, -0.05) is 66.8 Å². The number of aromatic nitrogens is 2. The van der Waals surface area contributed by atoms with E-state index in [2.05, 4.69) is 15.5 Å². The number of ketones is 1. The lowest BCUT2D eigenvalue weighted by Gasteiger charge is -2.12. The van der Waals surface area contributed by atoms with E-state index in [1.54, 1.807) is 30.3 Å². The minimum Gasteiger partial charge on any atom is -0.300 e. The van der Waals surface area contributed by atoms with Gasteiger partial charge < -0.3 is 5.32 Å². The molecule has 26 heavy (non-hydrogen) atoms. The maximum Gasteiger partial charge on any atom is 0.233 e. The maximum absolute atomic E-state index is 12.6. The Morgan fingerprint density at radius 1 is 1.04 bits per heavy atom. The number of nitrogens with one attached hydrogen (secondary N) is 1. The van der Waals surface area contributed by atoms with Crippen molar-refractivity contribution in [3.8, 4) is 0 Å². The largest absolute Gasteiger partial charge is 0.300 e. The Hall–Kier alpha value is -2.86. The van der Waals surface area contributed by atoms with Crippen molar-refractivity contribution in [2.24, 2.45) is 0 Å². The van der Waals surface area contributed by atoms with Crippen LogP contribution in [0.3, 0.4) is 0 Å². The van der Waals surface area contributed by atoms with Crippen LogP contribution in [0.25, 0.3) is 0 Å². The van der Waals surface area contributed by atoms with E-state index in [1.807, 2.05) is 38.1 Å². The first-order chi connectivity index (χ1) is 12.6. The van der Waals surface area contributed by atoms with Crippen LogP contribution in [-0.2, 0) is 11.2 Å². The fourth-order valence-electron chi connectivity index (χ4n) is 2.52. The summed E-state index contributed by atoms with van der Waals surface area (Å²) in [5, 5.41) is 12.1. The van der Waals surface area contributed by atoms with Crippen LogP contribution in [0.2, 0.25) is 0 Å². The van der Waals surface area contributed by atoms with E-state index in [4.69, 9.17) is 0 Å². The highest BCUT2D eigenvalue weighted by Crippen LogP contribution is 2.22. The molecular formula is C20H19N3O2S. The molecule has 0 saturated carbocycles. The molecule has 0 aliphatic carbocycles. The molecule has 0 aliphatic rings. The second-order valence-electron chi connectivity index (χ2n) is 5.89. The van der Waals surface area contributed by atoms with E-state index in [0.717, 1.165) is 17.0 Å². The number of carbonyl (C=O) groups is 2. The lowest BCUT2D eigenvalue weighted by molar-refractivity contribution is -0.117. The molecule has 1 atom stereocenters. The predicted octanol–water partition coefficient (Wildman–Crippen LogP) is 4.07. The molecule has 0 radical (unpaired) electrons. The Balaban J connectivity index is 1.76. The molecule has 1 heterocycles. The summed E-state index contributed by atoms with van der Waals surface area (Å²) in [6.45, 7) is 3.80. The maximum atomic E-state index is 12.6. The van der Waals surface area contributed by atoms with Crippen molar-refractivity contribution < 1.29 is 9.59 Å². The van der Waals surface area contributed by atoms with Crippen LogP contribution in [0.4, 0.5) is 5.13 Å². The van der Waals surface area contributed by atoms with Crippen molar-refractivity contribution in [3.05, 3.63) is 76.3 Å². The summed E-state index contributed by atoms with van der Waals surface area (Å²) < 4.78 is 0. The third-order valence-electron chi connectivity index (χ3n) is 4.08. The van der Waals surface area contributed by atoms with Gasteiger partial charge in [0.2, 0.25) is 11.0 Å². The average Bonchev–Trinajstić information content (AvgIpc) is 3.15. The van der Waals surface area contributed by atoms with Crippen molar-refractivity contribution >= 4 is 28.2 Å². The van der Waals surface area contributed by atoms with Crippen molar-refractivity contribution in [1.29, 1.82) is 0 Å². The van der Waals surface area contributed by atoms with E-state index >= 15 is 0 Å². The number of aryl methyl sites for hydroxylation is 1. The van der Waals surface area contributed by atoms with Crippen LogP contribution in [-0.4, -0.2) is 21.9 Å². The predicted molar refractivity (Wildman–Crippen MR) is 103 cm³/mol. The molecular weight excluding hydrogens is 346 g/mol. The topological polar surface area (TPSA) is 72.0 Å². The summed E-state index contributed by atoms with van der Waals surface area (Å²) in [6.07, 6.45) is 0.784. The molecule has 0 saturated heterocycles. The second-order valence-corrected chi connectivity index (χ2v) is 6.95. The van der Waals surface area contributed by atoms with E-state index in [1.165, 1.54) is 11.3 Å². The van der Waals surface area contributed by atoms with Crippen LogP contribution in [0.15, 0.2) is 54.6 Å². The van der Waals surface area contributed by atoms with Crippen molar-refractivity contribution in [3.63, 3.8) is 0 Å². The monoisotopic (exact) mass is 365 g/mol. The van der Waals surface area contributed by atoms with Crippen molar-refractivity contribution in [2.75, 3.05) is 5.32 Å². The number of carbonyl (C=O) groups excluding carboxylic acids is 2. The highest BCUT2D eigenvalue weighted by Gasteiger charge is 2.19. The zero-order chi connectivity index (χ0) is 18.5. The number of rotatable bonds is 6. The Labute approximate surface area is 156 Å². The molecule has 6 heteroatoms. The molecule has 132 valence electrons. The van der Waals surface area contributed by atoms with Gasteiger partial charge in [-0.25, -0.2) is 0 Å². The Bertz CT molecular complexity index is 922. The van der Waals surface area contributed by atoms with Gasteiger partial charge in [0, 0.05) is 11.1 Å². The summed E-state index contributed by atoms with van der Waals surface area (Å²) >= 11 is 1.37. The Morgan fingerprint density at radius 3 is 2.46 bits per heavy atom. The molecule has 3 aromatic rings. The van der Waals surface area contributed by atoms with E-state index < -0.39 is 5.92 Å². The highest BCUT2D eigenvalue weighted by molar-refractivity contribution is 7.15. The van der Waals surface area contributed by atoms with Crippen LogP contribution < -0.4 is 5.32 Å². The standard InChI is InChI=1S/C20H19N3O2S/c1-3-17-22-23-20(26-17)21-19(25)13(2)15-10-7-11-16(12-15)18(24)14-8-5-4-6-9-14/h4-13H,3H2,1-2H3,(H,21,23,25)/t13-/m0/s1. The first-order valence-corrected chi connectivity index (χ1v) is 9.23. The number of anilines is 1. The molecule has 1 N–H and O–H groups in total. The third-order valence-corrected chi connectivity index (χ3v) is 5.06. The van der Waals surface area contributed by atoms with Crippen molar-refractivity contribution in [2.45, 2.75) is 26.2 Å². The first kappa shape index (κ1) is 17.9. The second kappa shape index (κ2) is 8.01. The number of hydrogen-bond acceptors (Lipinski definition) is 5. The fourth-order valence-corrected chi connectivity index (χ4v) is 3.20. The molecule has 3 rings (SSSR count). The number of nitrogens with zero attached hydrogens (tertiary/aromatic N) is 2. The molecule has 0 aliphatic heterocycles. The summed E-state index contributed by atoms with van der Waals surface area (Å²) in [5.41, 5.74) is 1.98. The van der Waals surface area contributed by atoms with E-state index in [9.17, 15) is 9.59 Å². The van der Waals surface area contributed by atoms with Crippen LogP contribution >= 0.6 is 11.3 Å². The van der Waals surface area contributed by atoms with Crippen LogP contribution in [0, 0.1) is 0 Å². The van der Waals surface area contributed by atoms with E-state index in [-0.39, 0.29) is 11.7 Å². The molecule has 0 unspecified atom stereocenters. The SMILES string of the molecule is CCc1nnc(NC(=O)[C@@H](C)c2cccc(C(=O)c3ccccc3)c2)s1. The summed E-state index contributed by atoms with van der Waals surface area (Å²) in [7, 11) is 0. The van der Waals surface area contributed by atoms with Gasteiger partial charge in [0.05, 0.1) is 5.92 Å². The van der Waals surface area contributed by atoms with Gasteiger partial charge >= 0.3 is 0 Å². The summed E-state index contributed by atoms with van der Waals surface area (Å²) in [6, 6.07) is 16.3. The van der Waals surface area contributed by atoms with E-state index in [0.29, 0.717) is 16.3 Å². The molecule has 1 aromatic heterocycles. The zero-order valence-corrected chi connectivity index (χ0v) is 15.4. The first-order valence-electron chi connectivity index (χ1n) is 8.41. The Kier molecular flexibility index (Phi) is 5.53. The van der Waals surface area contributed by atoms with Crippen molar-refractivity contribution in [1.82, 2.24) is 10.2 Å². The summed E-state index contributed by atoms with van der Waals surface area (Å²) in [4.78, 5) is 25.1. The smallest absolute Gasteiger partial charge is 0.233 e. The normalized spacial score (nSPS) is 11.8. The lowest BCUT2D eigenvalue weighted by atomic mass is 9.95. The molecule has 0 bridgehead atoms. The fraction of sp³-hybridized carbons (Fsp3) is 0.200. The minimum atomic E-state index is -0.410. The lowest BCUT2D eigenvalue weighted by Crippen LogP contribution is -2.19. The van der Waals surface area contributed by atoms with Gasteiger partial charge in [-0.15, -0.1) is 10.2 Å². The minimum absolute atomic E-state index is 0.0585. The van der Waals surface area contributed by atoms with Gasteiger partial charge in [0.25, 0.3) is 0 Å². The molecule has 0 fully saturated rings. The molecule has 1 amide bonds. The zero-order valence-electron chi connectivity index (χ0n) is 14.6. The number of amides is 1. The van der Waals surface area contributed by atoms with Gasteiger partial charge in [0.1, 0.15) is 5.01 Å². The quantitative estimate of drug-likeness (QED) is 0.668. The molecule has 5 nitrogen and oxygen atoms in total. The van der Waals surface area contributed by atoms with Gasteiger partial charge in [-0.2, -0.15) is 0 Å². The number of hydrogen-bond donors (Lipinski definition) is 1. The van der Waals surface area contributed by atoms with Crippen LogP contribution in [0.1, 0.15) is 46.3 Å².